The van der Waals surface area contributed by atoms with E-state index in [1.165, 1.54) is 0 Å². The van der Waals surface area contributed by atoms with Gasteiger partial charge in [-0.25, -0.2) is 8.78 Å². The summed E-state index contributed by atoms with van der Waals surface area (Å²) in [6, 6.07) is 9.95. The number of para-hydroxylation sites is 1. The molecule has 2 N–H and O–H groups in total. The molecule has 0 heterocycles. The molecular weight excluding hydrogens is 318 g/mol. The minimum Gasteiger partial charge on any atom is -0.496 e. The van der Waals surface area contributed by atoms with Crippen molar-refractivity contribution in [1.82, 2.24) is 5.32 Å². The van der Waals surface area contributed by atoms with E-state index in [9.17, 15) is 18.4 Å². The SMILES string of the molecule is COc1ccccc1CCNC(=O)C(=O)Nc1ccc(F)cc1F. The Labute approximate surface area is 137 Å². The molecule has 0 saturated carbocycles. The standard InChI is InChI=1S/C17H16F2N2O3/c1-24-15-5-3-2-4-11(15)8-9-20-16(22)17(23)21-14-7-6-12(18)10-13(14)19/h2-7,10H,8-9H2,1H3,(H,20,22)(H,21,23). The number of benzene rings is 2. The topological polar surface area (TPSA) is 67.4 Å². The van der Waals surface area contributed by atoms with Crippen LogP contribution in [0.1, 0.15) is 5.56 Å². The minimum atomic E-state index is -1.03. The average Bonchev–Trinajstić information content (AvgIpc) is 2.57. The maximum absolute atomic E-state index is 13.4. The van der Waals surface area contributed by atoms with Crippen LogP contribution in [0.5, 0.6) is 5.75 Å². The van der Waals surface area contributed by atoms with Gasteiger partial charge in [-0.1, -0.05) is 18.2 Å². The number of carbonyl (C=O) groups is 2. The highest BCUT2D eigenvalue weighted by molar-refractivity contribution is 6.39. The molecule has 0 bridgehead atoms. The van der Waals surface area contributed by atoms with Gasteiger partial charge in [0.1, 0.15) is 17.4 Å². The van der Waals surface area contributed by atoms with Crippen molar-refractivity contribution in [2.24, 2.45) is 0 Å². The highest BCUT2D eigenvalue weighted by Crippen LogP contribution is 2.17. The number of hydrogen-bond acceptors (Lipinski definition) is 3. The number of nitrogens with one attached hydrogen (secondary N) is 2. The van der Waals surface area contributed by atoms with E-state index in [1.54, 1.807) is 13.2 Å². The summed E-state index contributed by atoms with van der Waals surface area (Å²) in [5.74, 6) is -2.98. The van der Waals surface area contributed by atoms with E-state index in [4.69, 9.17) is 4.74 Å². The predicted octanol–water partition coefficient (Wildman–Crippen LogP) is 2.27. The smallest absolute Gasteiger partial charge is 0.313 e. The van der Waals surface area contributed by atoms with Crippen molar-refractivity contribution in [3.05, 3.63) is 59.7 Å². The van der Waals surface area contributed by atoms with Gasteiger partial charge < -0.3 is 15.4 Å². The first kappa shape index (κ1) is 17.4. The number of halogens is 2. The lowest BCUT2D eigenvalue weighted by Crippen LogP contribution is -2.36. The van der Waals surface area contributed by atoms with Crippen molar-refractivity contribution in [2.45, 2.75) is 6.42 Å². The van der Waals surface area contributed by atoms with Crippen molar-refractivity contribution in [2.75, 3.05) is 19.0 Å². The molecule has 0 aromatic heterocycles. The van der Waals surface area contributed by atoms with Gasteiger partial charge in [0.15, 0.2) is 0 Å². The maximum Gasteiger partial charge on any atom is 0.313 e. The van der Waals surface area contributed by atoms with E-state index in [0.29, 0.717) is 18.2 Å². The molecule has 5 nitrogen and oxygen atoms in total. The first-order chi connectivity index (χ1) is 11.5. The highest BCUT2D eigenvalue weighted by Gasteiger charge is 2.15. The average molecular weight is 334 g/mol. The fourth-order valence-corrected chi connectivity index (χ4v) is 2.07. The largest absolute Gasteiger partial charge is 0.496 e. The first-order valence-corrected chi connectivity index (χ1v) is 7.17. The van der Waals surface area contributed by atoms with Crippen molar-refractivity contribution < 1.29 is 23.1 Å². The van der Waals surface area contributed by atoms with Crippen LogP contribution >= 0.6 is 0 Å². The van der Waals surface area contributed by atoms with Crippen LogP contribution in [0.2, 0.25) is 0 Å². The number of rotatable bonds is 5. The van der Waals surface area contributed by atoms with Crippen LogP contribution in [0.4, 0.5) is 14.5 Å². The van der Waals surface area contributed by atoms with Gasteiger partial charge in [-0.15, -0.1) is 0 Å². The Morgan fingerprint density at radius 1 is 1.08 bits per heavy atom. The lowest BCUT2D eigenvalue weighted by atomic mass is 10.1. The van der Waals surface area contributed by atoms with Crippen LogP contribution in [-0.4, -0.2) is 25.5 Å². The van der Waals surface area contributed by atoms with Crippen LogP contribution in [0.3, 0.4) is 0 Å². The summed E-state index contributed by atoms with van der Waals surface area (Å²) >= 11 is 0. The summed E-state index contributed by atoms with van der Waals surface area (Å²) in [6.07, 6.45) is 0.466. The monoisotopic (exact) mass is 334 g/mol. The van der Waals surface area contributed by atoms with E-state index in [-0.39, 0.29) is 12.2 Å². The van der Waals surface area contributed by atoms with E-state index in [2.05, 4.69) is 10.6 Å². The van der Waals surface area contributed by atoms with E-state index in [1.807, 2.05) is 18.2 Å². The molecule has 0 spiro atoms. The summed E-state index contributed by atoms with van der Waals surface area (Å²) < 4.78 is 31.4. The molecule has 0 aliphatic carbocycles. The molecule has 2 aromatic rings. The molecule has 2 rings (SSSR count). The number of carbonyl (C=O) groups excluding carboxylic acids is 2. The number of ether oxygens (including phenoxy) is 1. The molecule has 0 saturated heterocycles. The number of anilines is 1. The predicted molar refractivity (Wildman–Crippen MR) is 84.7 cm³/mol. The molecule has 0 unspecified atom stereocenters. The van der Waals surface area contributed by atoms with Crippen LogP contribution in [0.15, 0.2) is 42.5 Å². The van der Waals surface area contributed by atoms with Crippen molar-refractivity contribution in [3.63, 3.8) is 0 Å². The van der Waals surface area contributed by atoms with E-state index >= 15 is 0 Å². The Bertz CT molecular complexity index is 750. The molecule has 2 amide bonds. The van der Waals surface area contributed by atoms with Crippen LogP contribution in [0, 0.1) is 11.6 Å². The second kappa shape index (κ2) is 8.05. The maximum atomic E-state index is 13.4. The molecular formula is C17H16F2N2O3. The van der Waals surface area contributed by atoms with Gasteiger partial charge in [0.25, 0.3) is 0 Å². The third-order valence-electron chi connectivity index (χ3n) is 3.26. The zero-order chi connectivity index (χ0) is 17.5. The molecule has 126 valence electrons. The zero-order valence-electron chi connectivity index (χ0n) is 12.9. The summed E-state index contributed by atoms with van der Waals surface area (Å²) in [5, 5.41) is 4.52. The number of hydrogen-bond donors (Lipinski definition) is 2. The third-order valence-corrected chi connectivity index (χ3v) is 3.26. The van der Waals surface area contributed by atoms with Crippen molar-refractivity contribution in [3.8, 4) is 5.75 Å². The molecule has 0 atom stereocenters. The molecule has 0 aliphatic heterocycles. The normalized spacial score (nSPS) is 10.1. The lowest BCUT2D eigenvalue weighted by molar-refractivity contribution is -0.136. The van der Waals surface area contributed by atoms with E-state index < -0.39 is 23.4 Å². The molecule has 7 heteroatoms. The van der Waals surface area contributed by atoms with Gasteiger partial charge in [-0.2, -0.15) is 0 Å². The summed E-state index contributed by atoms with van der Waals surface area (Å²) in [6.45, 7) is 0.207. The minimum absolute atomic E-state index is 0.207. The quantitative estimate of drug-likeness (QED) is 0.825. The van der Waals surface area contributed by atoms with Gasteiger partial charge in [-0.05, 0) is 30.2 Å². The zero-order valence-corrected chi connectivity index (χ0v) is 12.9. The molecule has 0 fully saturated rings. The van der Waals surface area contributed by atoms with Crippen LogP contribution in [-0.2, 0) is 16.0 Å². The van der Waals surface area contributed by atoms with Gasteiger partial charge in [0, 0.05) is 12.6 Å². The second-order valence-corrected chi connectivity index (χ2v) is 4.90. The third kappa shape index (κ3) is 4.52. The first-order valence-electron chi connectivity index (χ1n) is 7.17. The highest BCUT2D eigenvalue weighted by atomic mass is 19.1. The molecule has 24 heavy (non-hydrogen) atoms. The summed E-state index contributed by atoms with van der Waals surface area (Å²) in [5.41, 5.74) is 0.617. The summed E-state index contributed by atoms with van der Waals surface area (Å²) in [7, 11) is 1.54. The van der Waals surface area contributed by atoms with Crippen molar-refractivity contribution >= 4 is 17.5 Å². The Morgan fingerprint density at radius 2 is 1.83 bits per heavy atom. The Kier molecular flexibility index (Phi) is 5.83. The Hall–Kier alpha value is -2.96. The molecule has 0 radical (unpaired) electrons. The van der Waals surface area contributed by atoms with Gasteiger partial charge in [0.05, 0.1) is 12.8 Å². The fraction of sp³-hybridized carbons (Fsp3) is 0.176. The fourth-order valence-electron chi connectivity index (χ4n) is 2.07. The number of amides is 2. The Balaban J connectivity index is 1.87. The van der Waals surface area contributed by atoms with Gasteiger partial charge in [0.2, 0.25) is 0 Å². The lowest BCUT2D eigenvalue weighted by Gasteiger charge is -2.09. The van der Waals surface area contributed by atoms with Gasteiger partial charge in [-0.3, -0.25) is 9.59 Å². The number of methoxy groups -OCH3 is 1. The Morgan fingerprint density at radius 3 is 2.54 bits per heavy atom. The van der Waals surface area contributed by atoms with E-state index in [0.717, 1.165) is 17.7 Å². The second-order valence-electron chi connectivity index (χ2n) is 4.90. The molecule has 2 aromatic carbocycles. The van der Waals surface area contributed by atoms with Crippen LogP contribution < -0.4 is 15.4 Å². The van der Waals surface area contributed by atoms with Crippen LogP contribution in [0.25, 0.3) is 0 Å². The van der Waals surface area contributed by atoms with Crippen molar-refractivity contribution in [1.29, 1.82) is 0 Å². The van der Waals surface area contributed by atoms with Gasteiger partial charge >= 0.3 is 11.8 Å². The molecule has 0 aliphatic rings. The summed E-state index contributed by atoms with van der Waals surface area (Å²) in [4.78, 5) is 23.4.